The number of anilines is 1. The minimum atomic E-state index is 0.429. The van der Waals surface area contributed by atoms with E-state index in [0.29, 0.717) is 5.88 Å². The largest absolute Gasteiger partial charge is 0.368 e. The molecule has 0 fully saturated rings. The molecule has 0 saturated carbocycles. The highest BCUT2D eigenvalue weighted by Gasteiger charge is 2.00. The number of aromatic nitrogens is 1. The van der Waals surface area contributed by atoms with Crippen LogP contribution in [0.15, 0.2) is 10.6 Å². The summed E-state index contributed by atoms with van der Waals surface area (Å²) in [4.78, 5) is 0. The molecule has 3 nitrogen and oxygen atoms in total. The molecule has 0 bridgehead atoms. The molecule has 0 unspecified atom stereocenters. The molecule has 0 aromatic carbocycles. The fourth-order valence-corrected chi connectivity index (χ4v) is 2.42. The summed E-state index contributed by atoms with van der Waals surface area (Å²) in [7, 11) is 0. The lowest BCUT2D eigenvalue weighted by atomic mass is 10.0. The zero-order valence-electron chi connectivity index (χ0n) is 12.5. The van der Waals surface area contributed by atoms with E-state index in [-0.39, 0.29) is 0 Å². The van der Waals surface area contributed by atoms with Gasteiger partial charge in [-0.3, -0.25) is 0 Å². The Morgan fingerprint density at radius 3 is 1.89 bits per heavy atom. The molecular formula is C16H30N2O. The van der Waals surface area contributed by atoms with Gasteiger partial charge < -0.3 is 10.3 Å². The predicted molar refractivity (Wildman–Crippen MR) is 81.1 cm³/mol. The van der Waals surface area contributed by atoms with E-state index in [1.807, 2.05) is 6.07 Å². The first-order valence-corrected chi connectivity index (χ1v) is 8.04. The number of unbranched alkanes of at least 4 members (excludes halogenated alkanes) is 10. The minimum absolute atomic E-state index is 0.429. The van der Waals surface area contributed by atoms with E-state index in [0.717, 1.165) is 12.1 Å². The molecule has 1 rings (SSSR count). The van der Waals surface area contributed by atoms with Crippen LogP contribution in [-0.2, 0) is 6.42 Å². The summed E-state index contributed by atoms with van der Waals surface area (Å²) in [5.74, 6) is 0.429. The molecule has 0 amide bonds. The second-order valence-corrected chi connectivity index (χ2v) is 5.51. The third-order valence-corrected chi connectivity index (χ3v) is 3.61. The van der Waals surface area contributed by atoms with Crippen LogP contribution in [-0.4, -0.2) is 5.16 Å². The third kappa shape index (κ3) is 8.68. The van der Waals surface area contributed by atoms with Gasteiger partial charge in [0.05, 0.1) is 5.69 Å². The number of nitrogens with zero attached hydrogens (tertiary/aromatic N) is 1. The van der Waals surface area contributed by atoms with E-state index in [9.17, 15) is 0 Å². The molecule has 0 spiro atoms. The highest BCUT2D eigenvalue weighted by molar-refractivity contribution is 5.24. The smallest absolute Gasteiger partial charge is 0.222 e. The van der Waals surface area contributed by atoms with E-state index in [1.165, 1.54) is 70.6 Å². The Morgan fingerprint density at radius 2 is 1.42 bits per heavy atom. The van der Waals surface area contributed by atoms with Crippen LogP contribution < -0.4 is 5.73 Å². The van der Waals surface area contributed by atoms with E-state index in [4.69, 9.17) is 10.3 Å². The van der Waals surface area contributed by atoms with E-state index in [1.54, 1.807) is 0 Å². The van der Waals surface area contributed by atoms with E-state index < -0.39 is 0 Å². The standard InChI is InChI=1S/C16H30N2O/c1-2-3-4-5-6-7-8-9-10-11-12-13-15-14-16(17)19-18-15/h14H,2-13,17H2,1H3. The van der Waals surface area contributed by atoms with Gasteiger partial charge in [-0.25, -0.2) is 0 Å². The predicted octanol–water partition coefficient (Wildman–Crippen LogP) is 5.11. The quantitative estimate of drug-likeness (QED) is 0.535. The molecule has 3 heteroatoms. The Kier molecular flexibility index (Phi) is 9.21. The molecule has 1 aromatic heterocycles. The Bertz CT molecular complexity index is 309. The lowest BCUT2D eigenvalue weighted by molar-refractivity contribution is 0.425. The van der Waals surface area contributed by atoms with Crippen molar-refractivity contribution in [2.24, 2.45) is 0 Å². The van der Waals surface area contributed by atoms with Crippen molar-refractivity contribution in [3.63, 3.8) is 0 Å². The van der Waals surface area contributed by atoms with Gasteiger partial charge in [0.25, 0.3) is 0 Å². The summed E-state index contributed by atoms with van der Waals surface area (Å²) in [5, 5.41) is 3.90. The Hall–Kier alpha value is -0.990. The van der Waals surface area contributed by atoms with E-state index >= 15 is 0 Å². The monoisotopic (exact) mass is 266 g/mol. The second-order valence-electron chi connectivity index (χ2n) is 5.51. The summed E-state index contributed by atoms with van der Waals surface area (Å²) in [5.41, 5.74) is 6.47. The average Bonchev–Trinajstić information content (AvgIpc) is 2.82. The van der Waals surface area contributed by atoms with Gasteiger partial charge >= 0.3 is 0 Å². The summed E-state index contributed by atoms with van der Waals surface area (Å²) in [6.07, 6.45) is 16.1. The van der Waals surface area contributed by atoms with Crippen molar-refractivity contribution in [3.8, 4) is 0 Å². The molecule has 110 valence electrons. The maximum Gasteiger partial charge on any atom is 0.222 e. The average molecular weight is 266 g/mol. The summed E-state index contributed by atoms with van der Waals surface area (Å²) in [6, 6.07) is 1.83. The number of nitrogens with two attached hydrogens (primary N) is 1. The Balaban J connectivity index is 1.79. The van der Waals surface area contributed by atoms with Crippen molar-refractivity contribution < 1.29 is 4.52 Å². The van der Waals surface area contributed by atoms with Gasteiger partial charge in [0.1, 0.15) is 0 Å². The third-order valence-electron chi connectivity index (χ3n) is 3.61. The lowest BCUT2D eigenvalue weighted by Gasteiger charge is -2.01. The van der Waals surface area contributed by atoms with Crippen molar-refractivity contribution in [1.29, 1.82) is 0 Å². The van der Waals surface area contributed by atoms with Gasteiger partial charge in [0.2, 0.25) is 5.88 Å². The van der Waals surface area contributed by atoms with Gasteiger partial charge in [0.15, 0.2) is 0 Å². The van der Waals surface area contributed by atoms with Crippen LogP contribution >= 0.6 is 0 Å². The van der Waals surface area contributed by atoms with Crippen molar-refractivity contribution in [3.05, 3.63) is 11.8 Å². The molecule has 0 aliphatic carbocycles. The highest BCUT2D eigenvalue weighted by atomic mass is 16.5. The van der Waals surface area contributed by atoms with Crippen LogP contribution in [0.1, 0.15) is 83.2 Å². The zero-order chi connectivity index (χ0) is 13.8. The molecular weight excluding hydrogens is 236 g/mol. The first-order chi connectivity index (χ1) is 9.33. The van der Waals surface area contributed by atoms with Crippen molar-refractivity contribution >= 4 is 5.88 Å². The van der Waals surface area contributed by atoms with Gasteiger partial charge in [-0.2, -0.15) is 0 Å². The maximum absolute atomic E-state index is 5.48. The first kappa shape index (κ1) is 16.1. The molecule has 0 aliphatic heterocycles. The first-order valence-electron chi connectivity index (χ1n) is 8.04. The number of aryl methyl sites for hydroxylation is 1. The van der Waals surface area contributed by atoms with Crippen molar-refractivity contribution in [1.82, 2.24) is 5.16 Å². The fourth-order valence-electron chi connectivity index (χ4n) is 2.42. The normalized spacial score (nSPS) is 11.0. The van der Waals surface area contributed by atoms with E-state index in [2.05, 4.69) is 12.1 Å². The van der Waals surface area contributed by atoms with Crippen LogP contribution in [0.5, 0.6) is 0 Å². The second kappa shape index (κ2) is 10.9. The fraction of sp³-hybridized carbons (Fsp3) is 0.812. The Morgan fingerprint density at radius 1 is 0.895 bits per heavy atom. The van der Waals surface area contributed by atoms with Gasteiger partial charge in [0, 0.05) is 6.07 Å². The molecule has 19 heavy (non-hydrogen) atoms. The molecule has 0 saturated heterocycles. The van der Waals surface area contributed by atoms with Crippen molar-refractivity contribution in [2.75, 3.05) is 5.73 Å². The molecule has 2 N–H and O–H groups in total. The van der Waals surface area contributed by atoms with Gasteiger partial charge in [-0.1, -0.05) is 76.3 Å². The van der Waals surface area contributed by atoms with Crippen LogP contribution in [0.4, 0.5) is 5.88 Å². The van der Waals surface area contributed by atoms with Crippen molar-refractivity contribution in [2.45, 2.75) is 84.0 Å². The topological polar surface area (TPSA) is 52.0 Å². The summed E-state index contributed by atoms with van der Waals surface area (Å²) < 4.78 is 4.84. The van der Waals surface area contributed by atoms with Crippen LogP contribution in [0.2, 0.25) is 0 Å². The summed E-state index contributed by atoms with van der Waals surface area (Å²) in [6.45, 7) is 2.27. The lowest BCUT2D eigenvalue weighted by Crippen LogP contribution is -1.86. The zero-order valence-corrected chi connectivity index (χ0v) is 12.5. The number of nitrogen functional groups attached to an aromatic ring is 1. The Labute approximate surface area is 117 Å². The van der Waals surface area contributed by atoms with Gasteiger partial charge in [-0.15, -0.1) is 0 Å². The number of rotatable bonds is 12. The molecule has 0 aliphatic rings. The molecule has 1 heterocycles. The van der Waals surface area contributed by atoms with Crippen LogP contribution in [0.3, 0.4) is 0 Å². The maximum atomic E-state index is 5.48. The number of hydrogen-bond donors (Lipinski definition) is 1. The summed E-state index contributed by atoms with van der Waals surface area (Å²) >= 11 is 0. The van der Waals surface area contributed by atoms with Crippen LogP contribution in [0, 0.1) is 0 Å². The van der Waals surface area contributed by atoms with Crippen LogP contribution in [0.25, 0.3) is 0 Å². The minimum Gasteiger partial charge on any atom is -0.368 e. The SMILES string of the molecule is CCCCCCCCCCCCCc1cc(N)on1. The molecule has 0 radical (unpaired) electrons. The molecule has 1 aromatic rings. The number of hydrogen-bond acceptors (Lipinski definition) is 3. The van der Waals surface area contributed by atoms with Gasteiger partial charge in [-0.05, 0) is 12.8 Å². The molecule has 0 atom stereocenters. The highest BCUT2D eigenvalue weighted by Crippen LogP contribution is 2.13.